The molecule has 4 nitrogen and oxygen atoms in total. The van der Waals surface area contributed by atoms with Gasteiger partial charge in [0.25, 0.3) is 0 Å². The topological polar surface area (TPSA) is 72.2 Å². The van der Waals surface area contributed by atoms with Crippen molar-refractivity contribution >= 4 is 44.7 Å². The molecule has 0 aliphatic carbocycles. The number of thioether (sulfide) groups is 1. The molecule has 1 unspecified atom stereocenters. The van der Waals surface area contributed by atoms with Crippen LogP contribution < -0.4 is 10.5 Å². The van der Waals surface area contributed by atoms with Gasteiger partial charge in [-0.25, -0.2) is 8.42 Å². The van der Waals surface area contributed by atoms with Gasteiger partial charge >= 0.3 is 0 Å². The summed E-state index contributed by atoms with van der Waals surface area (Å²) in [6.45, 7) is 1.74. The van der Waals surface area contributed by atoms with Crippen molar-refractivity contribution in [1.29, 1.82) is 0 Å². The van der Waals surface area contributed by atoms with Crippen LogP contribution in [0.1, 0.15) is 13.3 Å². The molecule has 0 aromatic heterocycles. The number of nitrogens with one attached hydrogen (secondary N) is 1. The van der Waals surface area contributed by atoms with Crippen molar-refractivity contribution in [1.82, 2.24) is 0 Å². The number of hydrogen-bond donors (Lipinski definition) is 2. The van der Waals surface area contributed by atoms with Gasteiger partial charge in [-0.3, -0.25) is 4.72 Å². The summed E-state index contributed by atoms with van der Waals surface area (Å²) in [5, 5.41) is -0.842. The highest BCUT2D eigenvalue weighted by atomic mass is 32.2. The number of benzene rings is 1. The molecular weight excluding hydrogens is 288 g/mol. The van der Waals surface area contributed by atoms with Gasteiger partial charge in [0.05, 0.1) is 4.99 Å². The van der Waals surface area contributed by atoms with E-state index in [-0.39, 0.29) is 4.99 Å². The highest BCUT2D eigenvalue weighted by Gasteiger charge is 2.26. The zero-order chi connectivity index (χ0) is 13.8. The number of rotatable bonds is 6. The quantitative estimate of drug-likeness (QED) is 0.623. The van der Waals surface area contributed by atoms with Crippen LogP contribution in [0, 0.1) is 0 Å². The fraction of sp³-hybridized carbons (Fsp3) is 0.364. The highest BCUT2D eigenvalue weighted by Crippen LogP contribution is 2.21. The molecule has 0 heterocycles. The van der Waals surface area contributed by atoms with Gasteiger partial charge in [0.1, 0.15) is 5.25 Å². The first-order valence-corrected chi connectivity index (χ1v) is 8.53. The van der Waals surface area contributed by atoms with Crippen LogP contribution in [0.25, 0.3) is 0 Å². The van der Waals surface area contributed by atoms with E-state index in [0.29, 0.717) is 12.1 Å². The summed E-state index contributed by atoms with van der Waals surface area (Å²) in [4.78, 5) is 0.976. The van der Waals surface area contributed by atoms with Crippen LogP contribution in [0.2, 0.25) is 0 Å². The minimum Gasteiger partial charge on any atom is -0.392 e. The Hall–Kier alpha value is -0.790. The third-order valence-electron chi connectivity index (χ3n) is 2.39. The van der Waals surface area contributed by atoms with Gasteiger partial charge in [-0.2, -0.15) is 0 Å². The Kier molecular flexibility index (Phi) is 5.43. The molecule has 0 radical (unpaired) electrons. The third-order valence-corrected chi connectivity index (χ3v) is 5.41. The largest absolute Gasteiger partial charge is 0.392 e. The maximum absolute atomic E-state index is 12.1. The van der Waals surface area contributed by atoms with Crippen LogP contribution in [-0.4, -0.2) is 24.9 Å². The molecule has 0 fully saturated rings. The van der Waals surface area contributed by atoms with Crippen molar-refractivity contribution in [3.05, 3.63) is 24.3 Å². The molecule has 0 saturated carbocycles. The molecule has 100 valence electrons. The summed E-state index contributed by atoms with van der Waals surface area (Å²) in [5.74, 6) is 0. The number of sulfonamides is 1. The maximum atomic E-state index is 12.1. The van der Waals surface area contributed by atoms with E-state index in [1.54, 1.807) is 36.9 Å². The SMILES string of the molecule is CCC(C(N)=S)S(=O)(=O)Nc1cccc(SC)c1. The van der Waals surface area contributed by atoms with Gasteiger partial charge in [-0.15, -0.1) is 11.8 Å². The van der Waals surface area contributed by atoms with E-state index >= 15 is 0 Å². The van der Waals surface area contributed by atoms with Gasteiger partial charge in [-0.1, -0.05) is 25.2 Å². The zero-order valence-electron chi connectivity index (χ0n) is 10.2. The van der Waals surface area contributed by atoms with Gasteiger partial charge in [0.2, 0.25) is 10.0 Å². The Bertz CT molecular complexity index is 529. The zero-order valence-corrected chi connectivity index (χ0v) is 12.7. The summed E-state index contributed by atoms with van der Waals surface area (Å²) in [6.07, 6.45) is 2.28. The Balaban J connectivity index is 2.97. The van der Waals surface area contributed by atoms with E-state index in [4.69, 9.17) is 18.0 Å². The first-order valence-electron chi connectivity index (χ1n) is 5.35. The highest BCUT2D eigenvalue weighted by molar-refractivity contribution is 7.98. The van der Waals surface area contributed by atoms with Crippen molar-refractivity contribution in [3.63, 3.8) is 0 Å². The normalized spacial score (nSPS) is 13.0. The molecule has 18 heavy (non-hydrogen) atoms. The van der Waals surface area contributed by atoms with Crippen molar-refractivity contribution in [2.75, 3.05) is 11.0 Å². The van der Waals surface area contributed by atoms with E-state index in [1.807, 2.05) is 12.3 Å². The average molecular weight is 304 g/mol. The lowest BCUT2D eigenvalue weighted by Gasteiger charge is -2.16. The summed E-state index contributed by atoms with van der Waals surface area (Å²) in [7, 11) is -3.58. The molecule has 1 aromatic carbocycles. The minimum atomic E-state index is -3.58. The first-order chi connectivity index (χ1) is 8.40. The molecule has 0 saturated heterocycles. The van der Waals surface area contributed by atoms with E-state index in [1.165, 1.54) is 0 Å². The predicted octanol–water partition coefficient (Wildman–Crippen LogP) is 2.21. The van der Waals surface area contributed by atoms with E-state index in [2.05, 4.69) is 4.72 Å². The second-order valence-electron chi connectivity index (χ2n) is 3.68. The Morgan fingerprint density at radius 2 is 2.22 bits per heavy atom. The molecule has 0 aliphatic rings. The van der Waals surface area contributed by atoms with Gasteiger partial charge < -0.3 is 5.73 Å². The monoisotopic (exact) mass is 304 g/mol. The summed E-state index contributed by atoms with van der Waals surface area (Å²) >= 11 is 6.33. The van der Waals surface area contributed by atoms with Crippen molar-refractivity contribution in [2.45, 2.75) is 23.5 Å². The summed E-state index contributed by atoms with van der Waals surface area (Å²) in [6, 6.07) is 7.18. The third kappa shape index (κ3) is 3.86. The standard InChI is InChI=1S/C11H16N2O2S3/c1-3-10(11(12)16)18(14,15)13-8-5-4-6-9(7-8)17-2/h4-7,10,13H,3H2,1-2H3,(H2,12,16). The second kappa shape index (κ2) is 6.40. The van der Waals surface area contributed by atoms with Gasteiger partial charge in [-0.05, 0) is 30.9 Å². The van der Waals surface area contributed by atoms with Crippen LogP contribution in [0.5, 0.6) is 0 Å². The number of thiocarbonyl (C=S) groups is 1. The van der Waals surface area contributed by atoms with Crippen LogP contribution >= 0.6 is 24.0 Å². The molecule has 1 aromatic rings. The lowest BCUT2D eigenvalue weighted by Crippen LogP contribution is -2.37. The average Bonchev–Trinajstić information content (AvgIpc) is 2.28. The summed E-state index contributed by atoms with van der Waals surface area (Å²) < 4.78 is 26.7. The molecule has 0 aliphatic heterocycles. The maximum Gasteiger partial charge on any atom is 0.242 e. The molecule has 0 amide bonds. The molecule has 1 atom stereocenters. The fourth-order valence-corrected chi connectivity index (χ4v) is 3.84. The minimum absolute atomic E-state index is 0.00831. The number of hydrogen-bond acceptors (Lipinski definition) is 4. The fourth-order valence-electron chi connectivity index (χ4n) is 1.50. The first kappa shape index (κ1) is 15.3. The Morgan fingerprint density at radius 3 is 2.72 bits per heavy atom. The number of anilines is 1. The smallest absolute Gasteiger partial charge is 0.242 e. The molecule has 7 heteroatoms. The van der Waals surface area contributed by atoms with E-state index in [0.717, 1.165) is 4.90 Å². The van der Waals surface area contributed by atoms with Crippen molar-refractivity contribution in [2.24, 2.45) is 5.73 Å². The Labute approximate surface area is 117 Å². The van der Waals surface area contributed by atoms with Gasteiger partial charge in [0.15, 0.2) is 0 Å². The van der Waals surface area contributed by atoms with Crippen LogP contribution in [0.15, 0.2) is 29.2 Å². The molecule has 3 N–H and O–H groups in total. The van der Waals surface area contributed by atoms with Crippen LogP contribution in [0.4, 0.5) is 5.69 Å². The molecule has 0 bridgehead atoms. The van der Waals surface area contributed by atoms with E-state index in [9.17, 15) is 8.42 Å². The predicted molar refractivity (Wildman–Crippen MR) is 81.6 cm³/mol. The second-order valence-corrected chi connectivity index (χ2v) is 6.89. The Morgan fingerprint density at radius 1 is 1.56 bits per heavy atom. The lowest BCUT2D eigenvalue weighted by molar-refractivity contribution is 0.594. The van der Waals surface area contributed by atoms with Crippen molar-refractivity contribution < 1.29 is 8.42 Å². The molecule has 1 rings (SSSR count). The van der Waals surface area contributed by atoms with Crippen molar-refractivity contribution in [3.8, 4) is 0 Å². The molecular formula is C11H16N2O2S3. The van der Waals surface area contributed by atoms with Crippen LogP contribution in [-0.2, 0) is 10.0 Å². The van der Waals surface area contributed by atoms with Crippen LogP contribution in [0.3, 0.4) is 0 Å². The lowest BCUT2D eigenvalue weighted by atomic mass is 10.3. The van der Waals surface area contributed by atoms with Gasteiger partial charge in [0, 0.05) is 10.6 Å². The number of nitrogens with two attached hydrogens (primary N) is 1. The summed E-state index contributed by atoms with van der Waals surface area (Å²) in [5.41, 5.74) is 5.98. The molecule has 0 spiro atoms. The van der Waals surface area contributed by atoms with E-state index < -0.39 is 15.3 Å².